The molecule has 1 aromatic carbocycles. The molecule has 0 spiro atoms. The van der Waals surface area contributed by atoms with Gasteiger partial charge in [-0.1, -0.05) is 28.9 Å². The predicted octanol–water partition coefficient (Wildman–Crippen LogP) is 3.97. The molecular formula is C18H18ClN3O2. The normalized spacial score (nSPS) is 10.8. The molecule has 1 amide bonds. The average molecular weight is 344 g/mol. The van der Waals surface area contributed by atoms with Crippen molar-refractivity contribution in [2.75, 3.05) is 0 Å². The van der Waals surface area contributed by atoms with Crippen LogP contribution in [-0.2, 0) is 6.54 Å². The first-order chi connectivity index (χ1) is 11.5. The van der Waals surface area contributed by atoms with E-state index in [1.54, 1.807) is 0 Å². The summed E-state index contributed by atoms with van der Waals surface area (Å²) in [5.74, 6) is 1.29. The SMILES string of the molecule is Cc1cc(-n2c(C)cc(C(=O)NCc3ccc(Cl)cc3)c2C)no1. The molecule has 3 rings (SSSR count). The van der Waals surface area contributed by atoms with E-state index in [0.717, 1.165) is 22.7 Å². The van der Waals surface area contributed by atoms with E-state index >= 15 is 0 Å². The Morgan fingerprint density at radius 3 is 2.54 bits per heavy atom. The van der Waals surface area contributed by atoms with Gasteiger partial charge in [-0.05, 0) is 44.5 Å². The Balaban J connectivity index is 1.79. The van der Waals surface area contributed by atoms with Crippen LogP contribution in [0.2, 0.25) is 5.02 Å². The van der Waals surface area contributed by atoms with E-state index in [1.807, 2.05) is 61.7 Å². The summed E-state index contributed by atoms with van der Waals surface area (Å²) >= 11 is 5.87. The standard InChI is InChI=1S/C18H18ClN3O2/c1-11-8-16(13(3)22(11)17-9-12(2)24-21-17)18(23)20-10-14-4-6-15(19)7-5-14/h4-9H,10H2,1-3H3,(H,20,23). The van der Waals surface area contributed by atoms with Gasteiger partial charge in [0, 0.05) is 29.0 Å². The Morgan fingerprint density at radius 2 is 1.92 bits per heavy atom. The number of halogens is 1. The van der Waals surface area contributed by atoms with Crippen molar-refractivity contribution in [1.29, 1.82) is 0 Å². The zero-order valence-electron chi connectivity index (χ0n) is 13.8. The number of hydrogen-bond acceptors (Lipinski definition) is 3. The van der Waals surface area contributed by atoms with E-state index < -0.39 is 0 Å². The van der Waals surface area contributed by atoms with Crippen LogP contribution in [0.15, 0.2) is 40.9 Å². The monoisotopic (exact) mass is 343 g/mol. The molecule has 0 aliphatic heterocycles. The van der Waals surface area contributed by atoms with Gasteiger partial charge in [0.05, 0.1) is 5.56 Å². The highest BCUT2D eigenvalue weighted by atomic mass is 35.5. The molecule has 5 nitrogen and oxygen atoms in total. The zero-order chi connectivity index (χ0) is 17.3. The summed E-state index contributed by atoms with van der Waals surface area (Å²) in [6, 6.07) is 11.1. The van der Waals surface area contributed by atoms with Gasteiger partial charge in [-0.25, -0.2) is 0 Å². The van der Waals surface area contributed by atoms with Crippen LogP contribution >= 0.6 is 11.6 Å². The Kier molecular flexibility index (Phi) is 4.44. The van der Waals surface area contributed by atoms with Gasteiger partial charge < -0.3 is 9.84 Å². The number of amides is 1. The summed E-state index contributed by atoms with van der Waals surface area (Å²) in [5.41, 5.74) is 3.38. The fourth-order valence-electron chi connectivity index (χ4n) is 2.68. The van der Waals surface area contributed by atoms with Crippen LogP contribution in [0.1, 0.15) is 33.1 Å². The number of rotatable bonds is 4. The molecule has 0 unspecified atom stereocenters. The Hall–Kier alpha value is -2.53. The number of benzene rings is 1. The van der Waals surface area contributed by atoms with Crippen molar-refractivity contribution in [3.63, 3.8) is 0 Å². The molecule has 0 aliphatic carbocycles. The maximum Gasteiger partial charge on any atom is 0.253 e. The van der Waals surface area contributed by atoms with Gasteiger partial charge in [0.2, 0.25) is 0 Å². The highest BCUT2D eigenvalue weighted by molar-refractivity contribution is 6.30. The first kappa shape index (κ1) is 16.3. The molecule has 1 N–H and O–H groups in total. The quantitative estimate of drug-likeness (QED) is 0.779. The molecule has 24 heavy (non-hydrogen) atoms. The molecule has 0 radical (unpaired) electrons. The van der Waals surface area contributed by atoms with Crippen molar-refractivity contribution in [3.8, 4) is 5.82 Å². The Labute approximate surface area is 145 Å². The van der Waals surface area contributed by atoms with Crippen LogP contribution in [0.25, 0.3) is 5.82 Å². The average Bonchev–Trinajstić information content (AvgIpc) is 3.09. The van der Waals surface area contributed by atoms with Crippen LogP contribution in [-0.4, -0.2) is 15.6 Å². The van der Waals surface area contributed by atoms with Crippen LogP contribution in [0, 0.1) is 20.8 Å². The predicted molar refractivity (Wildman–Crippen MR) is 92.7 cm³/mol. The minimum absolute atomic E-state index is 0.121. The molecule has 124 valence electrons. The second-order valence-electron chi connectivity index (χ2n) is 5.73. The van der Waals surface area contributed by atoms with Crippen molar-refractivity contribution >= 4 is 17.5 Å². The van der Waals surface area contributed by atoms with E-state index in [9.17, 15) is 4.79 Å². The van der Waals surface area contributed by atoms with E-state index in [-0.39, 0.29) is 5.91 Å². The highest BCUT2D eigenvalue weighted by Gasteiger charge is 2.18. The van der Waals surface area contributed by atoms with E-state index in [0.29, 0.717) is 22.9 Å². The summed E-state index contributed by atoms with van der Waals surface area (Å²) in [6.07, 6.45) is 0. The van der Waals surface area contributed by atoms with Crippen molar-refractivity contribution in [1.82, 2.24) is 15.0 Å². The van der Waals surface area contributed by atoms with Crippen molar-refractivity contribution in [2.24, 2.45) is 0 Å². The lowest BCUT2D eigenvalue weighted by Gasteiger charge is -2.07. The fourth-order valence-corrected chi connectivity index (χ4v) is 2.81. The van der Waals surface area contributed by atoms with Crippen LogP contribution in [0.4, 0.5) is 0 Å². The second kappa shape index (κ2) is 6.53. The number of aromatic nitrogens is 2. The third-order valence-corrected chi connectivity index (χ3v) is 4.14. The lowest BCUT2D eigenvalue weighted by Crippen LogP contribution is -2.23. The molecule has 0 saturated heterocycles. The maximum atomic E-state index is 12.5. The minimum Gasteiger partial charge on any atom is -0.360 e. The van der Waals surface area contributed by atoms with Crippen LogP contribution < -0.4 is 5.32 Å². The summed E-state index contributed by atoms with van der Waals surface area (Å²) in [5, 5.41) is 7.64. The van der Waals surface area contributed by atoms with E-state index in [4.69, 9.17) is 16.1 Å². The van der Waals surface area contributed by atoms with Gasteiger partial charge in [0.15, 0.2) is 5.82 Å². The third-order valence-electron chi connectivity index (χ3n) is 3.89. The Bertz CT molecular complexity index is 878. The molecule has 0 fully saturated rings. The Morgan fingerprint density at radius 1 is 1.21 bits per heavy atom. The molecule has 0 bridgehead atoms. The molecule has 2 aromatic heterocycles. The van der Waals surface area contributed by atoms with Crippen molar-refractivity contribution in [3.05, 3.63) is 69.7 Å². The molecular weight excluding hydrogens is 326 g/mol. The van der Waals surface area contributed by atoms with Gasteiger partial charge in [0.25, 0.3) is 5.91 Å². The van der Waals surface area contributed by atoms with Crippen LogP contribution in [0.3, 0.4) is 0 Å². The topological polar surface area (TPSA) is 60.1 Å². The smallest absolute Gasteiger partial charge is 0.253 e. The largest absolute Gasteiger partial charge is 0.360 e. The number of hydrogen-bond donors (Lipinski definition) is 1. The first-order valence-corrected chi connectivity index (χ1v) is 7.99. The van der Waals surface area contributed by atoms with E-state index in [2.05, 4.69) is 10.5 Å². The molecule has 2 heterocycles. The summed E-state index contributed by atoms with van der Waals surface area (Å²) in [7, 11) is 0. The molecule has 0 atom stereocenters. The number of nitrogens with one attached hydrogen (secondary N) is 1. The second-order valence-corrected chi connectivity index (χ2v) is 6.16. The van der Waals surface area contributed by atoms with Crippen molar-refractivity contribution < 1.29 is 9.32 Å². The number of carbonyl (C=O) groups is 1. The lowest BCUT2D eigenvalue weighted by atomic mass is 10.2. The maximum absolute atomic E-state index is 12.5. The number of nitrogens with zero attached hydrogens (tertiary/aromatic N) is 2. The number of aryl methyl sites for hydroxylation is 2. The number of carbonyl (C=O) groups excluding carboxylic acids is 1. The van der Waals surface area contributed by atoms with Crippen LogP contribution in [0.5, 0.6) is 0 Å². The van der Waals surface area contributed by atoms with Gasteiger partial charge in [0.1, 0.15) is 5.76 Å². The molecule has 0 saturated carbocycles. The summed E-state index contributed by atoms with van der Waals surface area (Å²) < 4.78 is 7.04. The molecule has 6 heteroatoms. The van der Waals surface area contributed by atoms with Gasteiger partial charge in [-0.2, -0.15) is 0 Å². The van der Waals surface area contributed by atoms with E-state index in [1.165, 1.54) is 0 Å². The summed E-state index contributed by atoms with van der Waals surface area (Å²) in [6.45, 7) is 6.12. The van der Waals surface area contributed by atoms with Gasteiger partial charge in [-0.3, -0.25) is 9.36 Å². The highest BCUT2D eigenvalue weighted by Crippen LogP contribution is 2.20. The molecule has 3 aromatic rings. The first-order valence-electron chi connectivity index (χ1n) is 7.61. The van der Waals surface area contributed by atoms with Gasteiger partial charge >= 0.3 is 0 Å². The van der Waals surface area contributed by atoms with Crippen molar-refractivity contribution in [2.45, 2.75) is 27.3 Å². The lowest BCUT2D eigenvalue weighted by molar-refractivity contribution is 0.0950. The summed E-state index contributed by atoms with van der Waals surface area (Å²) in [4.78, 5) is 12.5. The minimum atomic E-state index is -0.121. The zero-order valence-corrected chi connectivity index (χ0v) is 14.5. The molecule has 0 aliphatic rings. The fraction of sp³-hybridized carbons (Fsp3) is 0.222. The third kappa shape index (κ3) is 3.21. The van der Waals surface area contributed by atoms with Gasteiger partial charge in [-0.15, -0.1) is 0 Å².